The molecule has 1 atom stereocenters. The van der Waals surface area contributed by atoms with Crippen LogP contribution >= 0.6 is 11.6 Å². The lowest BCUT2D eigenvalue weighted by molar-refractivity contribution is 0.0923. The van der Waals surface area contributed by atoms with Gasteiger partial charge in [-0.15, -0.1) is 11.6 Å². The number of alkyl halides is 1. The summed E-state index contributed by atoms with van der Waals surface area (Å²) in [5.41, 5.74) is 0.165. The van der Waals surface area contributed by atoms with Gasteiger partial charge < -0.3 is 9.73 Å². The molecule has 4 heteroatoms. The standard InChI is InChI=1S/C13H20ClNO2/c1-9-5-6-11(17-9)12(16)15-8-10(14)7-13(2,3)4/h5-6,10H,7-8H2,1-4H3,(H,15,16). The molecule has 96 valence electrons. The minimum atomic E-state index is -0.211. The number of aryl methyl sites for hydroxylation is 1. The topological polar surface area (TPSA) is 42.2 Å². The zero-order valence-electron chi connectivity index (χ0n) is 10.8. The van der Waals surface area contributed by atoms with E-state index in [1.807, 2.05) is 0 Å². The maximum Gasteiger partial charge on any atom is 0.287 e. The number of furan rings is 1. The molecule has 0 bridgehead atoms. The van der Waals surface area contributed by atoms with Gasteiger partial charge in [-0.3, -0.25) is 4.79 Å². The summed E-state index contributed by atoms with van der Waals surface area (Å²) in [4.78, 5) is 11.7. The van der Waals surface area contributed by atoms with E-state index in [0.29, 0.717) is 12.3 Å². The summed E-state index contributed by atoms with van der Waals surface area (Å²) in [6, 6.07) is 3.43. The van der Waals surface area contributed by atoms with Crippen molar-refractivity contribution in [3.8, 4) is 0 Å². The van der Waals surface area contributed by atoms with Crippen molar-refractivity contribution in [1.29, 1.82) is 0 Å². The van der Waals surface area contributed by atoms with Crippen LogP contribution in [0.3, 0.4) is 0 Å². The summed E-state index contributed by atoms with van der Waals surface area (Å²) in [5.74, 6) is 0.854. The number of hydrogen-bond acceptors (Lipinski definition) is 2. The molecule has 0 saturated carbocycles. The molecule has 1 rings (SSSR count). The zero-order chi connectivity index (χ0) is 13.1. The first-order valence-electron chi connectivity index (χ1n) is 5.76. The first-order valence-corrected chi connectivity index (χ1v) is 6.20. The van der Waals surface area contributed by atoms with E-state index in [2.05, 4.69) is 26.1 Å². The second-order valence-corrected chi connectivity index (χ2v) is 6.10. The van der Waals surface area contributed by atoms with Gasteiger partial charge in [0.05, 0.1) is 5.38 Å². The second-order valence-electron chi connectivity index (χ2n) is 5.48. The number of amides is 1. The van der Waals surface area contributed by atoms with Crippen molar-refractivity contribution in [3.63, 3.8) is 0 Å². The van der Waals surface area contributed by atoms with Crippen LogP contribution in [0.4, 0.5) is 0 Å². The molecule has 0 aliphatic rings. The summed E-state index contributed by atoms with van der Waals surface area (Å²) >= 11 is 6.16. The number of nitrogens with one attached hydrogen (secondary N) is 1. The van der Waals surface area contributed by atoms with Crippen LogP contribution < -0.4 is 5.32 Å². The summed E-state index contributed by atoms with van der Waals surface area (Å²) in [6.07, 6.45) is 0.853. The first kappa shape index (κ1) is 14.1. The fourth-order valence-corrected chi connectivity index (χ4v) is 2.12. The maximum atomic E-state index is 11.7. The van der Waals surface area contributed by atoms with Crippen LogP contribution in [0.25, 0.3) is 0 Å². The minimum Gasteiger partial charge on any atom is -0.456 e. The van der Waals surface area contributed by atoms with Gasteiger partial charge >= 0.3 is 0 Å². The number of carbonyl (C=O) groups is 1. The Hall–Kier alpha value is -0.960. The fourth-order valence-electron chi connectivity index (χ4n) is 1.58. The highest BCUT2D eigenvalue weighted by molar-refractivity contribution is 6.21. The Morgan fingerprint density at radius 2 is 2.12 bits per heavy atom. The average Bonchev–Trinajstić information content (AvgIpc) is 2.58. The number of carbonyl (C=O) groups excluding carboxylic acids is 1. The van der Waals surface area contributed by atoms with E-state index < -0.39 is 0 Å². The van der Waals surface area contributed by atoms with Crippen LogP contribution in [0.15, 0.2) is 16.5 Å². The van der Waals surface area contributed by atoms with Crippen molar-refractivity contribution in [2.45, 2.75) is 39.5 Å². The van der Waals surface area contributed by atoms with Crippen molar-refractivity contribution >= 4 is 17.5 Å². The molecule has 1 aromatic rings. The molecule has 1 amide bonds. The van der Waals surface area contributed by atoms with E-state index >= 15 is 0 Å². The van der Waals surface area contributed by atoms with Gasteiger partial charge in [-0.1, -0.05) is 20.8 Å². The SMILES string of the molecule is Cc1ccc(C(=O)NCC(Cl)CC(C)(C)C)o1. The van der Waals surface area contributed by atoms with Crippen molar-refractivity contribution in [3.05, 3.63) is 23.7 Å². The summed E-state index contributed by atoms with van der Waals surface area (Å²) in [5, 5.41) is 2.71. The first-order chi connectivity index (χ1) is 7.78. The van der Waals surface area contributed by atoms with Gasteiger partial charge in [0.15, 0.2) is 5.76 Å². The third kappa shape index (κ3) is 5.26. The molecule has 1 N–H and O–H groups in total. The Balaban J connectivity index is 2.38. The van der Waals surface area contributed by atoms with E-state index in [1.54, 1.807) is 19.1 Å². The molecular formula is C13H20ClNO2. The van der Waals surface area contributed by atoms with Gasteiger partial charge in [0.1, 0.15) is 5.76 Å². The molecule has 1 heterocycles. The van der Waals surface area contributed by atoms with Gasteiger partial charge in [0.25, 0.3) is 5.91 Å². The summed E-state index contributed by atoms with van der Waals surface area (Å²) in [6.45, 7) is 8.64. The predicted octanol–water partition coefficient (Wildman–Crippen LogP) is 3.36. The monoisotopic (exact) mass is 257 g/mol. The van der Waals surface area contributed by atoms with Gasteiger partial charge in [-0.05, 0) is 30.9 Å². The minimum absolute atomic E-state index is 0.0602. The Morgan fingerprint density at radius 1 is 1.47 bits per heavy atom. The quantitative estimate of drug-likeness (QED) is 0.841. The van der Waals surface area contributed by atoms with Gasteiger partial charge in [-0.2, -0.15) is 0 Å². The molecule has 1 aromatic heterocycles. The van der Waals surface area contributed by atoms with Gasteiger partial charge in [0.2, 0.25) is 0 Å². The number of rotatable bonds is 4. The Labute approximate surface area is 108 Å². The van der Waals surface area contributed by atoms with Crippen LogP contribution in [-0.2, 0) is 0 Å². The highest BCUT2D eigenvalue weighted by Crippen LogP contribution is 2.23. The molecule has 17 heavy (non-hydrogen) atoms. The third-order valence-corrected chi connectivity index (χ3v) is 2.59. The molecule has 3 nitrogen and oxygen atoms in total. The molecule has 0 saturated heterocycles. The molecule has 0 aliphatic carbocycles. The summed E-state index contributed by atoms with van der Waals surface area (Å²) in [7, 11) is 0. The Morgan fingerprint density at radius 3 is 2.59 bits per heavy atom. The van der Waals surface area contributed by atoms with E-state index in [4.69, 9.17) is 16.0 Å². The van der Waals surface area contributed by atoms with Crippen molar-refractivity contribution < 1.29 is 9.21 Å². The molecule has 0 aromatic carbocycles. The van der Waals surface area contributed by atoms with Crippen LogP contribution in [-0.4, -0.2) is 17.8 Å². The highest BCUT2D eigenvalue weighted by atomic mass is 35.5. The fraction of sp³-hybridized carbons (Fsp3) is 0.615. The van der Waals surface area contributed by atoms with Crippen molar-refractivity contribution in [1.82, 2.24) is 5.32 Å². The normalized spacial score (nSPS) is 13.5. The third-order valence-electron chi connectivity index (χ3n) is 2.28. The number of hydrogen-bond donors (Lipinski definition) is 1. The predicted molar refractivity (Wildman–Crippen MR) is 69.5 cm³/mol. The van der Waals surface area contributed by atoms with Crippen molar-refractivity contribution in [2.75, 3.05) is 6.54 Å². The molecule has 1 unspecified atom stereocenters. The lowest BCUT2D eigenvalue weighted by Crippen LogP contribution is -2.31. The lowest BCUT2D eigenvalue weighted by atomic mass is 9.90. The zero-order valence-corrected chi connectivity index (χ0v) is 11.6. The lowest BCUT2D eigenvalue weighted by Gasteiger charge is -2.21. The Kier molecular flexibility index (Phi) is 4.63. The second kappa shape index (κ2) is 5.58. The van der Waals surface area contributed by atoms with Crippen molar-refractivity contribution in [2.24, 2.45) is 5.41 Å². The van der Waals surface area contributed by atoms with Crippen LogP contribution in [0.5, 0.6) is 0 Å². The van der Waals surface area contributed by atoms with Crippen LogP contribution in [0.2, 0.25) is 0 Å². The Bertz CT molecular complexity index is 379. The maximum absolute atomic E-state index is 11.7. The number of halogens is 1. The van der Waals surface area contributed by atoms with Crippen LogP contribution in [0, 0.1) is 12.3 Å². The van der Waals surface area contributed by atoms with E-state index in [-0.39, 0.29) is 16.7 Å². The smallest absolute Gasteiger partial charge is 0.287 e. The molecule has 0 aliphatic heterocycles. The summed E-state index contributed by atoms with van der Waals surface area (Å²) < 4.78 is 5.22. The van der Waals surface area contributed by atoms with Crippen LogP contribution in [0.1, 0.15) is 43.5 Å². The van der Waals surface area contributed by atoms with Gasteiger partial charge in [-0.25, -0.2) is 0 Å². The molecule has 0 fully saturated rings. The van der Waals surface area contributed by atoms with E-state index in [9.17, 15) is 4.79 Å². The van der Waals surface area contributed by atoms with E-state index in [1.165, 1.54) is 0 Å². The highest BCUT2D eigenvalue weighted by Gasteiger charge is 2.18. The molecule has 0 radical (unpaired) electrons. The van der Waals surface area contributed by atoms with Gasteiger partial charge in [0, 0.05) is 6.54 Å². The molecule has 0 spiro atoms. The largest absolute Gasteiger partial charge is 0.456 e. The van der Waals surface area contributed by atoms with E-state index in [0.717, 1.165) is 12.2 Å². The average molecular weight is 258 g/mol. The molecular weight excluding hydrogens is 238 g/mol.